The summed E-state index contributed by atoms with van der Waals surface area (Å²) in [5.41, 5.74) is 2.18. The number of hydrogen-bond acceptors (Lipinski definition) is 3. The van der Waals surface area contributed by atoms with Crippen LogP contribution in [0.5, 0.6) is 0 Å². The van der Waals surface area contributed by atoms with E-state index in [1.807, 2.05) is 19.1 Å². The van der Waals surface area contributed by atoms with Gasteiger partial charge in [-0.15, -0.1) is 11.3 Å². The van der Waals surface area contributed by atoms with Gasteiger partial charge in [0.1, 0.15) is 5.69 Å². The molecule has 0 saturated heterocycles. The molecule has 28 heavy (non-hydrogen) atoms. The van der Waals surface area contributed by atoms with E-state index in [9.17, 15) is 4.79 Å². The average Bonchev–Trinajstić information content (AvgIpc) is 3.15. The molecule has 8 heteroatoms. The zero-order chi connectivity index (χ0) is 20.1. The summed E-state index contributed by atoms with van der Waals surface area (Å²) in [5.74, 6) is -0.0951. The molecule has 4 nitrogen and oxygen atoms in total. The molecule has 0 radical (unpaired) electrons. The number of rotatable bonds is 5. The fourth-order valence-corrected chi connectivity index (χ4v) is 5.37. The summed E-state index contributed by atoms with van der Waals surface area (Å²) < 4.78 is 2.86. The van der Waals surface area contributed by atoms with Gasteiger partial charge < -0.3 is 4.85 Å². The first kappa shape index (κ1) is 19.9. The third kappa shape index (κ3) is 3.61. The van der Waals surface area contributed by atoms with E-state index in [0.29, 0.717) is 21.4 Å². The second-order valence-corrected chi connectivity index (χ2v) is 10.7. The first-order chi connectivity index (χ1) is 13.3. The highest BCUT2D eigenvalue weighted by molar-refractivity contribution is 14.1. The van der Waals surface area contributed by atoms with Crippen LogP contribution in [0.3, 0.4) is 0 Å². The zero-order valence-corrected chi connectivity index (χ0v) is 19.3. The molecule has 2 heterocycles. The van der Waals surface area contributed by atoms with Crippen LogP contribution in [0, 0.1) is 16.4 Å². The third-order valence-electron chi connectivity index (χ3n) is 4.88. The predicted octanol–water partition coefficient (Wildman–Crippen LogP) is 6.85. The van der Waals surface area contributed by atoms with E-state index in [2.05, 4.69) is 32.5 Å². The van der Waals surface area contributed by atoms with Gasteiger partial charge in [-0.3, -0.25) is 4.79 Å². The molecule has 0 aliphatic heterocycles. The van der Waals surface area contributed by atoms with Crippen LogP contribution >= 0.6 is 57.1 Å². The third-order valence-corrected chi connectivity index (χ3v) is 7.32. The van der Waals surface area contributed by atoms with Crippen molar-refractivity contribution in [2.24, 2.45) is 0 Å². The molecule has 0 amide bonds. The Balaban J connectivity index is 1.87. The summed E-state index contributed by atoms with van der Waals surface area (Å²) in [4.78, 5) is 17.6. The standard InChI is InChI=1S/C20H14Cl2IN3OS/c1-11-18(15(27)10-20(24-2)7-8-20)25-26(14-4-3-12(21)9-13(14)22)19(11)16-5-6-17(23)28-16/h3-6,9H,7-8,10H2,1H3. The molecule has 0 spiro atoms. The van der Waals surface area contributed by atoms with Crippen molar-refractivity contribution in [2.75, 3.05) is 0 Å². The molecule has 1 aliphatic rings. The molecule has 0 atom stereocenters. The maximum absolute atomic E-state index is 13.0. The van der Waals surface area contributed by atoms with Gasteiger partial charge >= 0.3 is 0 Å². The van der Waals surface area contributed by atoms with E-state index >= 15 is 0 Å². The molecule has 4 rings (SSSR count). The number of Topliss-reactive ketones (excluding diaryl/α,β-unsaturated/α-hetero) is 1. The normalized spacial score (nSPS) is 14.7. The Kier molecular flexibility index (Phi) is 5.29. The quantitative estimate of drug-likeness (QED) is 0.201. The van der Waals surface area contributed by atoms with Gasteiger partial charge in [-0.25, -0.2) is 11.3 Å². The fourth-order valence-electron chi connectivity index (χ4n) is 3.17. The number of aromatic nitrogens is 2. The molecule has 0 bridgehead atoms. The van der Waals surface area contributed by atoms with Crippen LogP contribution in [0.15, 0.2) is 30.3 Å². The van der Waals surface area contributed by atoms with Crippen molar-refractivity contribution in [3.8, 4) is 16.3 Å². The lowest BCUT2D eigenvalue weighted by Gasteiger charge is -2.09. The number of hydrogen-bond donors (Lipinski definition) is 0. The Morgan fingerprint density at radius 1 is 1.36 bits per heavy atom. The summed E-state index contributed by atoms with van der Waals surface area (Å²) in [5, 5.41) is 5.64. The van der Waals surface area contributed by atoms with Gasteiger partial charge in [-0.1, -0.05) is 23.2 Å². The number of carbonyl (C=O) groups excluding carboxylic acids is 1. The highest BCUT2D eigenvalue weighted by Gasteiger charge is 2.52. The molecule has 142 valence electrons. The summed E-state index contributed by atoms with van der Waals surface area (Å²) in [6.07, 6.45) is 1.77. The van der Waals surface area contributed by atoms with Gasteiger partial charge in [0.25, 0.3) is 0 Å². The first-order valence-corrected chi connectivity index (χ1v) is 11.2. The number of halogens is 3. The molecule has 1 aliphatic carbocycles. The molecule has 0 N–H and O–H groups in total. The minimum absolute atomic E-state index is 0.0951. The van der Waals surface area contributed by atoms with E-state index in [-0.39, 0.29) is 12.2 Å². The summed E-state index contributed by atoms with van der Waals surface area (Å²) in [6, 6.07) is 9.26. The maximum atomic E-state index is 13.0. The van der Waals surface area contributed by atoms with Crippen LogP contribution in [0.1, 0.15) is 35.3 Å². The van der Waals surface area contributed by atoms with Crippen molar-refractivity contribution in [2.45, 2.75) is 31.7 Å². The largest absolute Gasteiger partial charge is 0.310 e. The maximum Gasteiger partial charge on any atom is 0.240 e. The number of benzene rings is 1. The highest BCUT2D eigenvalue weighted by atomic mass is 127. The van der Waals surface area contributed by atoms with Gasteiger partial charge in [0.2, 0.25) is 5.54 Å². The molecule has 1 saturated carbocycles. The highest BCUT2D eigenvalue weighted by Crippen LogP contribution is 2.44. The van der Waals surface area contributed by atoms with Crippen molar-refractivity contribution in [3.05, 3.63) is 65.9 Å². The molecule has 0 unspecified atom stereocenters. The van der Waals surface area contributed by atoms with Crippen LogP contribution < -0.4 is 0 Å². The minimum atomic E-state index is -0.524. The summed E-state index contributed by atoms with van der Waals surface area (Å²) >= 11 is 16.4. The molecule has 2 aromatic heterocycles. The Hall–Kier alpha value is -1.40. The smallest absolute Gasteiger partial charge is 0.240 e. The number of thiophene rings is 1. The van der Waals surface area contributed by atoms with Crippen molar-refractivity contribution >= 4 is 62.9 Å². The number of carbonyl (C=O) groups is 1. The van der Waals surface area contributed by atoms with Crippen LogP contribution in [-0.2, 0) is 0 Å². The van der Waals surface area contributed by atoms with Crippen molar-refractivity contribution in [3.63, 3.8) is 0 Å². The van der Waals surface area contributed by atoms with Crippen molar-refractivity contribution in [1.29, 1.82) is 0 Å². The van der Waals surface area contributed by atoms with Gasteiger partial charge in [0.05, 0.1) is 30.6 Å². The van der Waals surface area contributed by atoms with Gasteiger partial charge in [0, 0.05) is 23.4 Å². The van der Waals surface area contributed by atoms with E-state index < -0.39 is 5.54 Å². The van der Waals surface area contributed by atoms with Crippen LogP contribution in [0.2, 0.25) is 10.0 Å². The SMILES string of the molecule is [C-]#[N+]C1(CC(=O)c2nn(-c3ccc(Cl)cc3Cl)c(-c3ccc(I)s3)c2C)CC1. The summed E-state index contributed by atoms with van der Waals surface area (Å²) in [7, 11) is 0. The second kappa shape index (κ2) is 7.45. The minimum Gasteiger partial charge on any atom is -0.310 e. The number of nitrogens with zero attached hydrogens (tertiary/aromatic N) is 3. The van der Waals surface area contributed by atoms with E-state index in [4.69, 9.17) is 29.8 Å². The lowest BCUT2D eigenvalue weighted by molar-refractivity contribution is 0.0970. The Morgan fingerprint density at radius 3 is 2.68 bits per heavy atom. The van der Waals surface area contributed by atoms with E-state index in [1.165, 1.54) is 0 Å². The second-order valence-electron chi connectivity index (χ2n) is 6.87. The van der Waals surface area contributed by atoms with Gasteiger partial charge in [-0.2, -0.15) is 5.10 Å². The lowest BCUT2D eigenvalue weighted by Crippen LogP contribution is -2.13. The molecular weight excluding hydrogens is 528 g/mol. The number of ketones is 1. The van der Waals surface area contributed by atoms with E-state index in [0.717, 1.165) is 31.9 Å². The van der Waals surface area contributed by atoms with E-state index in [1.54, 1.807) is 34.2 Å². The van der Waals surface area contributed by atoms with Gasteiger partial charge in [0.15, 0.2) is 5.78 Å². The fraction of sp³-hybridized carbons (Fsp3) is 0.250. The Labute approximate surface area is 190 Å². The van der Waals surface area contributed by atoms with Crippen LogP contribution in [0.4, 0.5) is 0 Å². The van der Waals surface area contributed by atoms with Crippen LogP contribution in [0.25, 0.3) is 21.1 Å². The zero-order valence-electron chi connectivity index (χ0n) is 14.8. The molecule has 1 aromatic carbocycles. The molecule has 1 fully saturated rings. The van der Waals surface area contributed by atoms with Gasteiger partial charge in [-0.05, 0) is 59.8 Å². The first-order valence-electron chi connectivity index (χ1n) is 8.56. The Morgan fingerprint density at radius 2 is 2.11 bits per heavy atom. The molecular formula is C20H14Cl2IN3OS. The van der Waals surface area contributed by atoms with Crippen LogP contribution in [-0.4, -0.2) is 21.1 Å². The average molecular weight is 542 g/mol. The Bertz CT molecular complexity index is 1140. The van der Waals surface area contributed by atoms with Crippen molar-refractivity contribution in [1.82, 2.24) is 9.78 Å². The monoisotopic (exact) mass is 541 g/mol. The topological polar surface area (TPSA) is 39.2 Å². The van der Waals surface area contributed by atoms with Crippen molar-refractivity contribution < 1.29 is 4.79 Å². The summed E-state index contributed by atoms with van der Waals surface area (Å²) in [6.45, 7) is 9.27. The molecule has 3 aromatic rings. The predicted molar refractivity (Wildman–Crippen MR) is 122 cm³/mol. The lowest BCUT2D eigenvalue weighted by atomic mass is 10.0.